The molecule has 86 valence electrons. The Morgan fingerprint density at radius 1 is 1.25 bits per heavy atom. The van der Waals surface area contributed by atoms with Gasteiger partial charge in [0.2, 0.25) is 0 Å². The first kappa shape index (κ1) is 12.2. The fourth-order valence-corrected chi connectivity index (χ4v) is 1.08. The summed E-state index contributed by atoms with van der Waals surface area (Å²) in [5, 5.41) is 8.53. The van der Waals surface area contributed by atoms with Gasteiger partial charge >= 0.3 is 5.97 Å². The summed E-state index contributed by atoms with van der Waals surface area (Å²) in [5.74, 6) is -1.07. The first-order valence-corrected chi connectivity index (χ1v) is 4.65. The molecule has 0 aliphatic heterocycles. The molecule has 1 N–H and O–H groups in total. The van der Waals surface area contributed by atoms with Crippen LogP contribution < -0.4 is 4.74 Å². The number of ether oxygens (including phenoxy) is 2. The van der Waals surface area contributed by atoms with Crippen molar-refractivity contribution in [3.63, 3.8) is 0 Å². The van der Waals surface area contributed by atoms with E-state index in [9.17, 15) is 9.59 Å². The molecule has 0 bridgehead atoms. The lowest BCUT2D eigenvalue weighted by molar-refractivity contribution is -0.135. The van der Waals surface area contributed by atoms with Crippen LogP contribution in [0, 0.1) is 0 Å². The summed E-state index contributed by atoms with van der Waals surface area (Å²) < 4.78 is 9.41. The van der Waals surface area contributed by atoms with E-state index >= 15 is 0 Å². The number of benzene rings is 1. The van der Waals surface area contributed by atoms with Crippen molar-refractivity contribution in [1.29, 1.82) is 0 Å². The number of methoxy groups -OCH3 is 1. The highest BCUT2D eigenvalue weighted by atomic mass is 16.5. The number of Topliss-reactive ketones (excluding diaryl/α,β-unsaturated/α-hetero) is 1. The number of aliphatic hydroxyl groups is 1. The number of ketones is 1. The Morgan fingerprint density at radius 3 is 2.38 bits per heavy atom. The van der Waals surface area contributed by atoms with Crippen molar-refractivity contribution in [1.82, 2.24) is 0 Å². The summed E-state index contributed by atoms with van der Waals surface area (Å²) in [7, 11) is 1.15. The van der Waals surface area contributed by atoms with Crippen LogP contribution in [0.25, 0.3) is 0 Å². The van der Waals surface area contributed by atoms with Gasteiger partial charge in [-0.05, 0) is 24.3 Å². The number of hydrogen-bond donors (Lipinski definition) is 1. The molecule has 0 saturated carbocycles. The Hall–Kier alpha value is -1.88. The molecule has 5 heteroatoms. The van der Waals surface area contributed by atoms with Crippen LogP contribution in [-0.4, -0.2) is 37.2 Å². The summed E-state index contributed by atoms with van der Waals surface area (Å²) in [6.07, 6.45) is 0. The fourth-order valence-electron chi connectivity index (χ4n) is 1.08. The van der Waals surface area contributed by atoms with Crippen molar-refractivity contribution in [3.05, 3.63) is 29.8 Å². The van der Waals surface area contributed by atoms with Crippen LogP contribution in [0.15, 0.2) is 24.3 Å². The molecule has 1 rings (SSSR count). The van der Waals surface area contributed by atoms with Crippen LogP contribution in [-0.2, 0) is 9.53 Å². The van der Waals surface area contributed by atoms with Gasteiger partial charge in [-0.25, -0.2) is 4.79 Å². The number of rotatable bonds is 5. The van der Waals surface area contributed by atoms with E-state index in [-0.39, 0.29) is 18.8 Å². The Bertz CT molecular complexity index is 368. The van der Waals surface area contributed by atoms with Crippen LogP contribution in [0.5, 0.6) is 5.75 Å². The highest BCUT2D eigenvalue weighted by molar-refractivity contribution is 6.40. The van der Waals surface area contributed by atoms with Gasteiger partial charge in [-0.2, -0.15) is 0 Å². The number of aliphatic hydroxyl groups excluding tert-OH is 1. The molecule has 0 aliphatic rings. The van der Waals surface area contributed by atoms with E-state index in [1.54, 1.807) is 12.1 Å². The third-order valence-corrected chi connectivity index (χ3v) is 1.85. The second-order valence-corrected chi connectivity index (χ2v) is 2.92. The minimum absolute atomic E-state index is 0.0805. The van der Waals surface area contributed by atoms with Crippen molar-refractivity contribution < 1.29 is 24.2 Å². The minimum atomic E-state index is -0.899. The molecule has 0 radical (unpaired) electrons. The van der Waals surface area contributed by atoms with Crippen molar-refractivity contribution in [2.75, 3.05) is 20.3 Å². The molecule has 0 heterocycles. The van der Waals surface area contributed by atoms with Crippen LogP contribution >= 0.6 is 0 Å². The maximum absolute atomic E-state index is 11.3. The van der Waals surface area contributed by atoms with E-state index in [4.69, 9.17) is 9.84 Å². The number of carbonyl (C=O) groups is 2. The normalized spacial score (nSPS) is 9.62. The smallest absolute Gasteiger partial charge is 0.379 e. The lowest BCUT2D eigenvalue weighted by Crippen LogP contribution is -2.15. The highest BCUT2D eigenvalue weighted by Gasteiger charge is 2.15. The monoisotopic (exact) mass is 224 g/mol. The zero-order valence-corrected chi connectivity index (χ0v) is 8.80. The molecule has 0 amide bonds. The Kier molecular flexibility index (Phi) is 4.47. The molecular formula is C11H12O5. The molecule has 1 aromatic carbocycles. The predicted octanol–water partition coefficient (Wildman–Crippen LogP) is 0.413. The molecule has 16 heavy (non-hydrogen) atoms. The Morgan fingerprint density at radius 2 is 1.88 bits per heavy atom. The van der Waals surface area contributed by atoms with E-state index in [1.165, 1.54) is 12.1 Å². The van der Waals surface area contributed by atoms with Crippen molar-refractivity contribution in [2.24, 2.45) is 0 Å². The number of carbonyl (C=O) groups excluding carboxylic acids is 2. The first-order valence-electron chi connectivity index (χ1n) is 4.65. The van der Waals surface area contributed by atoms with Gasteiger partial charge in [0.25, 0.3) is 5.78 Å². The van der Waals surface area contributed by atoms with Crippen LogP contribution in [0.1, 0.15) is 10.4 Å². The third-order valence-electron chi connectivity index (χ3n) is 1.85. The molecule has 5 nitrogen and oxygen atoms in total. The maximum atomic E-state index is 11.3. The van der Waals surface area contributed by atoms with Crippen LogP contribution in [0.4, 0.5) is 0 Å². The van der Waals surface area contributed by atoms with Gasteiger partial charge in [-0.3, -0.25) is 4.79 Å². The largest absolute Gasteiger partial charge is 0.491 e. The van der Waals surface area contributed by atoms with Crippen molar-refractivity contribution in [3.8, 4) is 5.75 Å². The van der Waals surface area contributed by atoms with E-state index in [0.717, 1.165) is 7.11 Å². The second-order valence-electron chi connectivity index (χ2n) is 2.92. The molecule has 0 fully saturated rings. The number of hydrogen-bond acceptors (Lipinski definition) is 5. The molecule has 0 aromatic heterocycles. The van der Waals surface area contributed by atoms with Gasteiger partial charge in [-0.15, -0.1) is 0 Å². The van der Waals surface area contributed by atoms with Crippen molar-refractivity contribution in [2.45, 2.75) is 0 Å². The summed E-state index contributed by atoms with van der Waals surface area (Å²) in [5.41, 5.74) is 0.239. The van der Waals surface area contributed by atoms with Gasteiger partial charge in [0.15, 0.2) is 0 Å². The van der Waals surface area contributed by atoms with Gasteiger partial charge in [0.1, 0.15) is 12.4 Å². The summed E-state index contributed by atoms with van der Waals surface area (Å²) in [6.45, 7) is 0.104. The highest BCUT2D eigenvalue weighted by Crippen LogP contribution is 2.12. The molecular weight excluding hydrogens is 212 g/mol. The predicted molar refractivity (Wildman–Crippen MR) is 55.4 cm³/mol. The fraction of sp³-hybridized carbons (Fsp3) is 0.273. The first-order chi connectivity index (χ1) is 7.69. The average molecular weight is 224 g/mol. The average Bonchev–Trinajstić information content (AvgIpc) is 2.35. The molecule has 0 unspecified atom stereocenters. The van der Waals surface area contributed by atoms with Gasteiger partial charge in [0, 0.05) is 5.56 Å². The Labute approximate surface area is 92.6 Å². The molecule has 0 aliphatic carbocycles. The summed E-state index contributed by atoms with van der Waals surface area (Å²) in [6, 6.07) is 6.02. The maximum Gasteiger partial charge on any atom is 0.379 e. The van der Waals surface area contributed by atoms with Crippen LogP contribution in [0.3, 0.4) is 0 Å². The standard InChI is InChI=1S/C11H12O5/c1-15-11(14)10(13)8-2-4-9(5-3-8)16-7-6-12/h2-5,12H,6-7H2,1H3. The molecule has 1 aromatic rings. The van der Waals surface area contributed by atoms with Crippen LogP contribution in [0.2, 0.25) is 0 Å². The SMILES string of the molecule is COC(=O)C(=O)c1ccc(OCCO)cc1. The van der Waals surface area contributed by atoms with E-state index in [1.807, 2.05) is 0 Å². The topological polar surface area (TPSA) is 72.8 Å². The summed E-state index contributed by atoms with van der Waals surface area (Å²) in [4.78, 5) is 22.3. The zero-order chi connectivity index (χ0) is 12.0. The van der Waals surface area contributed by atoms with E-state index < -0.39 is 11.8 Å². The minimum Gasteiger partial charge on any atom is -0.491 e. The third kappa shape index (κ3) is 3.06. The molecule has 0 saturated heterocycles. The van der Waals surface area contributed by atoms with Crippen molar-refractivity contribution >= 4 is 11.8 Å². The van der Waals surface area contributed by atoms with E-state index in [0.29, 0.717) is 5.75 Å². The lowest BCUT2D eigenvalue weighted by atomic mass is 10.1. The molecule has 0 spiro atoms. The quantitative estimate of drug-likeness (QED) is 0.445. The van der Waals surface area contributed by atoms with E-state index in [2.05, 4.69) is 4.74 Å². The number of esters is 1. The lowest BCUT2D eigenvalue weighted by Gasteiger charge is -2.04. The van der Waals surface area contributed by atoms with Gasteiger partial charge in [0.05, 0.1) is 13.7 Å². The molecule has 0 atom stereocenters. The van der Waals surface area contributed by atoms with Gasteiger partial charge < -0.3 is 14.6 Å². The second kappa shape index (κ2) is 5.87. The summed E-state index contributed by atoms with van der Waals surface area (Å²) >= 11 is 0. The zero-order valence-electron chi connectivity index (χ0n) is 8.80. The van der Waals surface area contributed by atoms with Gasteiger partial charge in [-0.1, -0.05) is 0 Å². The Balaban J connectivity index is 2.71.